The molecule has 0 saturated heterocycles. The van der Waals surface area contributed by atoms with Gasteiger partial charge in [-0.3, -0.25) is 4.98 Å². The molecule has 13 aromatic rings. The van der Waals surface area contributed by atoms with E-state index in [0.29, 0.717) is 0 Å². The van der Waals surface area contributed by atoms with Crippen LogP contribution in [0.15, 0.2) is 183 Å². The first-order valence-corrected chi connectivity index (χ1v) is 31.5. The molecule has 0 aliphatic rings. The zero-order chi connectivity index (χ0) is 47.8. The standard InChI is InChI=1S/C49H35N2O3.C14H16GeN.Ir/c1-27(2)36-22-31(43-24-30-13-6-9-18-41(30)52-43)23-37(28(3)4)46(36)51-47-32-14-7-5-12-29(32)20-21-40(47)50-49(51)35-17-11-16-34-39-26-44-38(25-45(39)54-48(34)35)33-15-8-10-19-42(33)53-44;1-15(2,3)13-9-10-14(16-11-13)12-7-5-4-6-8-12;/h5-16,18-28H,1-4H3;4-7,9-11H,1-3H3;/q2*-1;. The van der Waals surface area contributed by atoms with E-state index in [2.05, 4.69) is 170 Å². The topological polar surface area (TPSA) is 70.1 Å². The summed E-state index contributed by atoms with van der Waals surface area (Å²) in [6, 6.07) is 63.4. The zero-order valence-electron chi connectivity index (χ0n) is 40.7. The van der Waals surface area contributed by atoms with Crippen molar-refractivity contribution < 1.29 is 33.4 Å². The van der Waals surface area contributed by atoms with Crippen molar-refractivity contribution in [3.63, 3.8) is 0 Å². The molecule has 0 N–H and O–H groups in total. The van der Waals surface area contributed by atoms with Crippen LogP contribution in [-0.2, 0) is 20.1 Å². The van der Waals surface area contributed by atoms with Crippen molar-refractivity contribution in [1.82, 2.24) is 14.5 Å². The molecular weight excluding hydrogens is 1110 g/mol. The van der Waals surface area contributed by atoms with Gasteiger partial charge in [-0.2, -0.15) is 0 Å². The number of fused-ring (bicyclic) bond motifs is 10. The Morgan fingerprint density at radius 2 is 1.23 bits per heavy atom. The number of nitrogens with zero attached hydrogens (tertiary/aromatic N) is 3. The molecule has 0 unspecified atom stereocenters. The van der Waals surface area contributed by atoms with E-state index in [-0.39, 0.29) is 31.9 Å². The molecule has 5 aromatic heterocycles. The second-order valence-electron chi connectivity index (χ2n) is 20.0. The summed E-state index contributed by atoms with van der Waals surface area (Å²) in [5, 5.41) is 7.51. The summed E-state index contributed by atoms with van der Waals surface area (Å²) in [6.45, 7) is 9.09. The van der Waals surface area contributed by atoms with Gasteiger partial charge in [-0.25, -0.2) is 0 Å². The van der Waals surface area contributed by atoms with Crippen molar-refractivity contribution in [3.8, 4) is 39.7 Å². The van der Waals surface area contributed by atoms with Crippen LogP contribution in [0.1, 0.15) is 50.7 Å². The maximum Gasteiger partial charge on any atom is 0 e. The van der Waals surface area contributed by atoms with Gasteiger partial charge in [-0.1, -0.05) is 105 Å². The number of hydrogen-bond acceptors (Lipinski definition) is 5. The van der Waals surface area contributed by atoms with Crippen molar-refractivity contribution in [3.05, 3.63) is 193 Å². The summed E-state index contributed by atoms with van der Waals surface area (Å²) >= 11 is -1.72. The molecule has 13 rings (SSSR count). The van der Waals surface area contributed by atoms with Gasteiger partial charge in [0.05, 0.1) is 22.4 Å². The van der Waals surface area contributed by atoms with Crippen molar-refractivity contribution in [2.45, 2.75) is 56.8 Å². The van der Waals surface area contributed by atoms with Gasteiger partial charge >= 0.3 is 99.8 Å². The fourth-order valence-corrected chi connectivity index (χ4v) is 12.2. The maximum absolute atomic E-state index is 6.86. The van der Waals surface area contributed by atoms with Crippen molar-refractivity contribution >= 4 is 94.3 Å². The molecule has 0 spiro atoms. The van der Waals surface area contributed by atoms with Gasteiger partial charge in [0, 0.05) is 58.3 Å². The molecule has 0 fully saturated rings. The van der Waals surface area contributed by atoms with Crippen LogP contribution in [-0.4, -0.2) is 27.8 Å². The third kappa shape index (κ3) is 8.20. The van der Waals surface area contributed by atoms with E-state index in [1.54, 1.807) is 0 Å². The minimum atomic E-state index is -1.72. The smallest absolute Gasteiger partial charge is 0 e. The molecule has 0 atom stereocenters. The van der Waals surface area contributed by atoms with Crippen LogP contribution in [0.3, 0.4) is 0 Å². The van der Waals surface area contributed by atoms with E-state index in [1.807, 2.05) is 66.9 Å². The van der Waals surface area contributed by atoms with Crippen LogP contribution in [0.4, 0.5) is 0 Å². The van der Waals surface area contributed by atoms with Crippen LogP contribution in [0.5, 0.6) is 0 Å². The average molecular weight is 1160 g/mol. The monoisotopic (exact) mass is 1160 g/mol. The van der Waals surface area contributed by atoms with E-state index in [4.69, 9.17) is 18.2 Å². The molecule has 1 radical (unpaired) electrons. The first-order chi connectivity index (χ1) is 34.0. The Hall–Kier alpha value is -7.03. The fraction of sp³-hybridized carbons (Fsp3) is 0.143. The largest absolute Gasteiger partial charge is 0 e. The number of imidazole rings is 1. The molecule has 8 aromatic carbocycles. The zero-order valence-corrected chi connectivity index (χ0v) is 45.2. The number of aromatic nitrogens is 3. The van der Waals surface area contributed by atoms with Crippen LogP contribution in [0, 0.1) is 12.1 Å². The average Bonchev–Trinajstić information content (AvgIpc) is 4.17. The Kier molecular flexibility index (Phi) is 11.9. The van der Waals surface area contributed by atoms with Gasteiger partial charge in [-0.15, -0.1) is 18.2 Å². The second-order valence-corrected chi connectivity index (χ2v) is 30.6. The molecule has 8 heteroatoms. The predicted molar refractivity (Wildman–Crippen MR) is 292 cm³/mol. The molecule has 0 bridgehead atoms. The predicted octanol–water partition coefficient (Wildman–Crippen LogP) is 17.2. The molecule has 71 heavy (non-hydrogen) atoms. The third-order valence-electron chi connectivity index (χ3n) is 13.7. The van der Waals surface area contributed by atoms with Crippen LogP contribution >= 0.6 is 0 Å². The molecule has 5 heterocycles. The number of benzene rings is 8. The van der Waals surface area contributed by atoms with Gasteiger partial charge in [-0.05, 0) is 76.9 Å². The first kappa shape index (κ1) is 46.4. The Morgan fingerprint density at radius 3 is 1.92 bits per heavy atom. The number of para-hydroxylation sites is 2. The minimum absolute atomic E-state index is 0. The SMILES string of the molecule is CC(C)c1cc(-c2cc3ccccc3o2)cc(C(C)C)c1-n1c(-c2[c-]ccc3c2oc2cc4c(cc23)oc2ccccc24)nc2ccc3ccccc3c21.[CH3][Ge]([CH3])([CH3])[c]1ccc(-c2[c-]cccc2)nc1.[Ir]. The molecular formula is C63H51GeIrN3O3-2. The van der Waals surface area contributed by atoms with Crippen LogP contribution in [0.2, 0.25) is 17.3 Å². The number of hydrogen-bond donors (Lipinski definition) is 0. The molecule has 351 valence electrons. The normalized spacial score (nSPS) is 12.0. The van der Waals surface area contributed by atoms with Gasteiger partial charge in [0.15, 0.2) is 0 Å². The van der Waals surface area contributed by atoms with Crippen molar-refractivity contribution in [2.24, 2.45) is 0 Å². The summed E-state index contributed by atoms with van der Waals surface area (Å²) in [6.07, 6.45) is 2.04. The molecule has 6 nitrogen and oxygen atoms in total. The number of pyridine rings is 1. The first-order valence-electron chi connectivity index (χ1n) is 24.2. The van der Waals surface area contributed by atoms with Gasteiger partial charge < -0.3 is 17.8 Å². The maximum atomic E-state index is 6.86. The molecule has 0 aliphatic heterocycles. The Labute approximate surface area is 429 Å². The third-order valence-corrected chi connectivity index (χ3v) is 17.9. The summed E-state index contributed by atoms with van der Waals surface area (Å²) < 4.78 is 23.5. The summed E-state index contributed by atoms with van der Waals surface area (Å²) in [5.74, 6) is 9.19. The quantitative estimate of drug-likeness (QED) is 0.117. The summed E-state index contributed by atoms with van der Waals surface area (Å²) in [4.78, 5) is 9.99. The Bertz CT molecular complexity index is 4050. The van der Waals surface area contributed by atoms with Crippen molar-refractivity contribution in [2.75, 3.05) is 0 Å². The Balaban J connectivity index is 0.000000275. The summed E-state index contributed by atoms with van der Waals surface area (Å²) in [5.41, 5.74) is 13.7. The molecule has 0 amide bonds. The van der Waals surface area contributed by atoms with Crippen LogP contribution in [0.25, 0.3) is 116 Å². The number of furan rings is 3. The Morgan fingerprint density at radius 1 is 0.549 bits per heavy atom. The van der Waals surface area contributed by atoms with E-state index >= 15 is 0 Å². The minimum Gasteiger partial charge on any atom is 0 e. The second kappa shape index (κ2) is 18.3. The summed E-state index contributed by atoms with van der Waals surface area (Å²) in [7, 11) is 0. The van der Waals surface area contributed by atoms with Crippen molar-refractivity contribution in [1.29, 1.82) is 0 Å². The number of rotatable bonds is 7. The fourth-order valence-electron chi connectivity index (χ4n) is 9.98. The van der Waals surface area contributed by atoms with Crippen LogP contribution < -0.4 is 4.40 Å². The van der Waals surface area contributed by atoms with E-state index in [9.17, 15) is 0 Å². The van der Waals surface area contributed by atoms with E-state index < -0.39 is 13.3 Å². The van der Waals surface area contributed by atoms with Gasteiger partial charge in [0.1, 0.15) is 28.1 Å². The van der Waals surface area contributed by atoms with Gasteiger partial charge in [0.25, 0.3) is 0 Å². The van der Waals surface area contributed by atoms with E-state index in [0.717, 1.165) is 116 Å². The molecule has 0 saturated carbocycles. The van der Waals surface area contributed by atoms with E-state index in [1.165, 1.54) is 15.5 Å². The molecule has 0 aliphatic carbocycles. The van der Waals surface area contributed by atoms with Gasteiger partial charge in [0.2, 0.25) is 0 Å².